The van der Waals surface area contributed by atoms with Gasteiger partial charge in [-0.25, -0.2) is 4.98 Å². The molecule has 1 aromatic heterocycles. The second-order valence-corrected chi connectivity index (χ2v) is 7.57. The van der Waals surface area contributed by atoms with Gasteiger partial charge in [-0.2, -0.15) is 5.26 Å². The molecule has 0 radical (unpaired) electrons. The highest BCUT2D eigenvalue weighted by atomic mass is 32.2. The lowest BCUT2D eigenvalue weighted by atomic mass is 10.1. The zero-order valence-electron chi connectivity index (χ0n) is 14.1. The summed E-state index contributed by atoms with van der Waals surface area (Å²) < 4.78 is 6.96. The Bertz CT molecular complexity index is 1050. The van der Waals surface area contributed by atoms with Gasteiger partial charge in [0.05, 0.1) is 26.7 Å². The molecule has 3 aromatic rings. The SMILES string of the molecule is CCOc1cc(C=C(C#N)Sc2nc3ccccc3s2)cc([N+](=O)[O-])c1O. The van der Waals surface area contributed by atoms with Crippen LogP contribution in [-0.4, -0.2) is 21.6 Å². The van der Waals surface area contributed by atoms with E-state index in [0.29, 0.717) is 14.8 Å². The van der Waals surface area contributed by atoms with E-state index in [0.717, 1.165) is 10.2 Å². The quantitative estimate of drug-likeness (QED) is 0.270. The Hall–Kier alpha value is -3.09. The van der Waals surface area contributed by atoms with Gasteiger partial charge >= 0.3 is 5.69 Å². The fourth-order valence-electron chi connectivity index (χ4n) is 2.33. The third-order valence-electron chi connectivity index (χ3n) is 3.45. The molecule has 0 atom stereocenters. The van der Waals surface area contributed by atoms with Gasteiger partial charge in [-0.1, -0.05) is 12.1 Å². The minimum Gasteiger partial charge on any atom is -0.500 e. The summed E-state index contributed by atoms with van der Waals surface area (Å²) in [6.45, 7) is 1.95. The fraction of sp³-hybridized carbons (Fsp3) is 0.111. The van der Waals surface area contributed by atoms with Gasteiger partial charge in [0.1, 0.15) is 6.07 Å². The molecule has 0 fully saturated rings. The predicted molar refractivity (Wildman–Crippen MR) is 105 cm³/mol. The number of phenolic OH excluding ortho intramolecular Hbond substituents is 1. The van der Waals surface area contributed by atoms with Crippen molar-refractivity contribution in [3.63, 3.8) is 0 Å². The molecule has 0 saturated heterocycles. The van der Waals surface area contributed by atoms with Crippen LogP contribution in [0.25, 0.3) is 16.3 Å². The molecule has 3 rings (SSSR count). The molecule has 7 nitrogen and oxygen atoms in total. The fourth-order valence-corrected chi connectivity index (χ4v) is 4.30. The number of fused-ring (bicyclic) bond motifs is 1. The third kappa shape index (κ3) is 4.19. The largest absolute Gasteiger partial charge is 0.500 e. The number of thiazole rings is 1. The minimum atomic E-state index is -0.693. The van der Waals surface area contributed by atoms with Crippen LogP contribution in [0.5, 0.6) is 11.5 Å². The van der Waals surface area contributed by atoms with Crippen molar-refractivity contribution in [2.45, 2.75) is 11.3 Å². The Kier molecular flexibility index (Phi) is 5.59. The van der Waals surface area contributed by atoms with E-state index in [2.05, 4.69) is 11.1 Å². The lowest BCUT2D eigenvalue weighted by Gasteiger charge is -2.07. The summed E-state index contributed by atoms with van der Waals surface area (Å²) in [7, 11) is 0. The highest BCUT2D eigenvalue weighted by Crippen LogP contribution is 2.39. The number of nitro groups is 1. The molecule has 1 heterocycles. The van der Waals surface area contributed by atoms with Crippen LogP contribution < -0.4 is 4.74 Å². The summed E-state index contributed by atoms with van der Waals surface area (Å²) in [6, 6.07) is 12.4. The number of nitrogens with zero attached hydrogens (tertiary/aromatic N) is 3. The molecule has 0 unspecified atom stereocenters. The van der Waals surface area contributed by atoms with Crippen LogP contribution in [0.15, 0.2) is 45.6 Å². The van der Waals surface area contributed by atoms with Crippen molar-refractivity contribution in [3.05, 3.63) is 57.0 Å². The Labute approximate surface area is 162 Å². The van der Waals surface area contributed by atoms with Gasteiger partial charge in [0.25, 0.3) is 0 Å². The number of benzene rings is 2. The molecule has 136 valence electrons. The van der Waals surface area contributed by atoms with Gasteiger partial charge in [-0.05, 0) is 48.5 Å². The van der Waals surface area contributed by atoms with Crippen molar-refractivity contribution in [1.82, 2.24) is 4.98 Å². The van der Waals surface area contributed by atoms with Crippen molar-refractivity contribution < 1.29 is 14.8 Å². The van der Waals surface area contributed by atoms with E-state index in [1.807, 2.05) is 24.3 Å². The Morgan fingerprint density at radius 2 is 2.26 bits per heavy atom. The Morgan fingerprint density at radius 3 is 2.93 bits per heavy atom. The van der Waals surface area contributed by atoms with Gasteiger partial charge in [0, 0.05) is 6.07 Å². The molecular formula is C18H13N3O4S2. The smallest absolute Gasteiger partial charge is 0.315 e. The number of aromatic hydroxyl groups is 1. The normalized spacial score (nSPS) is 11.3. The summed E-state index contributed by atoms with van der Waals surface area (Å²) >= 11 is 2.64. The number of aromatic nitrogens is 1. The first-order valence-electron chi connectivity index (χ1n) is 7.81. The summed E-state index contributed by atoms with van der Waals surface area (Å²) in [5.41, 5.74) is 0.754. The summed E-state index contributed by atoms with van der Waals surface area (Å²) in [4.78, 5) is 15.3. The second-order valence-electron chi connectivity index (χ2n) is 5.25. The third-order valence-corrected chi connectivity index (χ3v) is 5.48. The number of nitriles is 1. The number of thioether (sulfide) groups is 1. The van der Waals surface area contributed by atoms with Gasteiger partial charge < -0.3 is 9.84 Å². The Morgan fingerprint density at radius 1 is 1.48 bits per heavy atom. The number of allylic oxidation sites excluding steroid dienone is 1. The monoisotopic (exact) mass is 399 g/mol. The van der Waals surface area contributed by atoms with E-state index in [4.69, 9.17) is 4.74 Å². The molecule has 0 aliphatic rings. The van der Waals surface area contributed by atoms with E-state index < -0.39 is 16.4 Å². The number of nitro benzene ring substituents is 1. The minimum absolute atomic E-state index is 0.000210. The molecule has 27 heavy (non-hydrogen) atoms. The number of phenols is 1. The zero-order valence-corrected chi connectivity index (χ0v) is 15.7. The molecule has 2 aromatic carbocycles. The lowest BCUT2D eigenvalue weighted by Crippen LogP contribution is -1.96. The number of ether oxygens (including phenoxy) is 1. The Balaban J connectivity index is 1.97. The standard InChI is InChI=1S/C18H13N3O4S2/c1-2-25-15-9-11(8-14(17(15)22)21(23)24)7-12(10-19)26-18-20-13-5-3-4-6-16(13)27-18/h3-9,22H,2H2,1H3. The average Bonchev–Trinajstić information content (AvgIpc) is 3.05. The first-order valence-corrected chi connectivity index (χ1v) is 9.44. The van der Waals surface area contributed by atoms with E-state index in [1.165, 1.54) is 41.3 Å². The van der Waals surface area contributed by atoms with Gasteiger partial charge in [-0.15, -0.1) is 11.3 Å². The highest BCUT2D eigenvalue weighted by Gasteiger charge is 2.20. The molecular weight excluding hydrogens is 386 g/mol. The van der Waals surface area contributed by atoms with Crippen molar-refractivity contribution >= 4 is 45.1 Å². The highest BCUT2D eigenvalue weighted by molar-refractivity contribution is 8.05. The van der Waals surface area contributed by atoms with Gasteiger partial charge in [0.2, 0.25) is 5.75 Å². The van der Waals surface area contributed by atoms with Crippen molar-refractivity contribution in [2.24, 2.45) is 0 Å². The maximum Gasteiger partial charge on any atom is 0.315 e. The second kappa shape index (κ2) is 8.07. The molecule has 0 aliphatic heterocycles. The molecule has 0 saturated carbocycles. The van der Waals surface area contributed by atoms with Crippen LogP contribution in [-0.2, 0) is 0 Å². The first-order chi connectivity index (χ1) is 13.0. The summed E-state index contributed by atoms with van der Waals surface area (Å²) in [6.07, 6.45) is 1.51. The number of hydrogen-bond donors (Lipinski definition) is 1. The van der Waals surface area contributed by atoms with Gasteiger partial charge in [0.15, 0.2) is 10.1 Å². The van der Waals surface area contributed by atoms with E-state index >= 15 is 0 Å². The lowest BCUT2D eigenvalue weighted by molar-refractivity contribution is -0.386. The maximum absolute atomic E-state index is 11.2. The molecule has 0 spiro atoms. The van der Waals surface area contributed by atoms with Crippen LogP contribution in [0, 0.1) is 21.4 Å². The summed E-state index contributed by atoms with van der Waals surface area (Å²) in [5, 5.41) is 30.6. The number of hydrogen-bond acceptors (Lipinski definition) is 8. The molecule has 1 N–H and O–H groups in total. The van der Waals surface area contributed by atoms with Crippen LogP contribution >= 0.6 is 23.1 Å². The predicted octanol–water partition coefficient (Wildman–Crippen LogP) is 4.97. The summed E-state index contributed by atoms with van der Waals surface area (Å²) in [5.74, 6) is -0.531. The molecule has 0 bridgehead atoms. The topological polar surface area (TPSA) is 109 Å². The number of para-hydroxylation sites is 1. The van der Waals surface area contributed by atoms with E-state index in [-0.39, 0.29) is 12.4 Å². The van der Waals surface area contributed by atoms with Gasteiger partial charge in [-0.3, -0.25) is 10.1 Å². The number of rotatable bonds is 6. The van der Waals surface area contributed by atoms with Crippen LogP contribution in [0.3, 0.4) is 0 Å². The first kappa shape index (κ1) is 18.7. The van der Waals surface area contributed by atoms with Crippen LogP contribution in [0.1, 0.15) is 12.5 Å². The van der Waals surface area contributed by atoms with Crippen molar-refractivity contribution in [3.8, 4) is 17.6 Å². The van der Waals surface area contributed by atoms with E-state index in [1.54, 1.807) is 6.92 Å². The van der Waals surface area contributed by atoms with Crippen LogP contribution in [0.2, 0.25) is 0 Å². The van der Waals surface area contributed by atoms with Crippen molar-refractivity contribution in [1.29, 1.82) is 5.26 Å². The molecule has 0 aliphatic carbocycles. The molecule has 9 heteroatoms. The van der Waals surface area contributed by atoms with E-state index in [9.17, 15) is 20.5 Å². The maximum atomic E-state index is 11.2. The zero-order chi connectivity index (χ0) is 19.4. The average molecular weight is 399 g/mol. The van der Waals surface area contributed by atoms with Crippen molar-refractivity contribution in [2.75, 3.05) is 6.61 Å². The molecule has 0 amide bonds. The van der Waals surface area contributed by atoms with Crippen LogP contribution in [0.4, 0.5) is 5.69 Å².